The number of halogens is 1. The van der Waals surface area contributed by atoms with Crippen LogP contribution in [0, 0.1) is 12.7 Å². The summed E-state index contributed by atoms with van der Waals surface area (Å²) in [6.45, 7) is 2.27. The number of aromatic nitrogens is 3. The summed E-state index contributed by atoms with van der Waals surface area (Å²) in [6, 6.07) is 15.8. The second-order valence-corrected chi connectivity index (χ2v) is 6.93. The molecule has 6 nitrogen and oxygen atoms in total. The normalized spacial score (nSPS) is 10.9. The minimum absolute atomic E-state index is 0.0462. The highest BCUT2D eigenvalue weighted by atomic mass is 19.1. The lowest BCUT2D eigenvalue weighted by atomic mass is 10.0. The predicted molar refractivity (Wildman–Crippen MR) is 112 cm³/mol. The number of hydrogen-bond acceptors (Lipinski definition) is 4. The Bertz CT molecular complexity index is 1180. The van der Waals surface area contributed by atoms with E-state index < -0.39 is 0 Å². The molecule has 2 heterocycles. The third kappa shape index (κ3) is 4.00. The molecule has 0 aliphatic rings. The van der Waals surface area contributed by atoms with Gasteiger partial charge >= 0.3 is 0 Å². The largest absolute Gasteiger partial charge is 0.497 e. The zero-order valence-electron chi connectivity index (χ0n) is 16.7. The summed E-state index contributed by atoms with van der Waals surface area (Å²) < 4.78 is 19.8. The monoisotopic (exact) mass is 404 g/mol. The van der Waals surface area contributed by atoms with Gasteiger partial charge in [0, 0.05) is 18.1 Å². The molecule has 0 unspecified atom stereocenters. The van der Waals surface area contributed by atoms with Crippen LogP contribution in [0.1, 0.15) is 11.3 Å². The molecule has 4 rings (SSSR count). The molecule has 2 aromatic carbocycles. The first-order valence-electron chi connectivity index (χ1n) is 9.53. The van der Waals surface area contributed by atoms with E-state index in [9.17, 15) is 9.18 Å². The van der Waals surface area contributed by atoms with Crippen molar-refractivity contribution in [1.29, 1.82) is 0 Å². The van der Waals surface area contributed by atoms with E-state index >= 15 is 0 Å². The Morgan fingerprint density at radius 1 is 1.10 bits per heavy atom. The molecule has 0 saturated heterocycles. The molecule has 0 radical (unpaired) electrons. The number of hydrogen-bond donors (Lipinski definition) is 1. The summed E-state index contributed by atoms with van der Waals surface area (Å²) in [5, 5.41) is 8.28. The van der Waals surface area contributed by atoms with Crippen LogP contribution in [-0.2, 0) is 17.9 Å². The minimum Gasteiger partial charge on any atom is -0.497 e. The maximum atomic E-state index is 13.0. The maximum Gasteiger partial charge on any atom is 0.242 e. The highest BCUT2D eigenvalue weighted by Gasteiger charge is 2.16. The Labute approximate surface area is 173 Å². The molecular weight excluding hydrogens is 383 g/mol. The van der Waals surface area contributed by atoms with Crippen LogP contribution < -0.4 is 10.1 Å². The van der Waals surface area contributed by atoms with Crippen LogP contribution >= 0.6 is 0 Å². The van der Waals surface area contributed by atoms with Gasteiger partial charge in [0.1, 0.15) is 18.1 Å². The van der Waals surface area contributed by atoms with E-state index in [1.54, 1.807) is 30.1 Å². The molecule has 0 aliphatic heterocycles. The number of carbonyl (C=O) groups excluding carboxylic acids is 1. The maximum absolute atomic E-state index is 13.0. The van der Waals surface area contributed by atoms with Crippen LogP contribution in [0.15, 0.2) is 60.8 Å². The first kappa shape index (κ1) is 19.6. The number of nitrogens with one attached hydrogen (secondary N) is 1. The minimum atomic E-state index is -0.303. The third-order valence-corrected chi connectivity index (χ3v) is 4.91. The molecule has 1 N–H and O–H groups in total. The standard InChI is InChI=1S/C23H21FN4O2/c1-15-22-20(17-5-9-19(30-2)10-6-17)11-12-25-23(22)28(27-15)14-21(29)26-13-16-3-7-18(24)8-4-16/h3-12H,13-14H2,1-2H3,(H,26,29). The summed E-state index contributed by atoms with van der Waals surface area (Å²) in [6.07, 6.45) is 1.72. The van der Waals surface area contributed by atoms with Crippen molar-refractivity contribution < 1.29 is 13.9 Å². The number of fused-ring (bicyclic) bond motifs is 1. The quantitative estimate of drug-likeness (QED) is 0.530. The van der Waals surface area contributed by atoms with E-state index in [2.05, 4.69) is 15.4 Å². The van der Waals surface area contributed by atoms with Crippen LogP contribution in [0.5, 0.6) is 5.75 Å². The van der Waals surface area contributed by atoms with Gasteiger partial charge in [0.2, 0.25) is 5.91 Å². The Balaban J connectivity index is 1.56. The van der Waals surface area contributed by atoms with Crippen molar-refractivity contribution in [3.63, 3.8) is 0 Å². The highest BCUT2D eigenvalue weighted by Crippen LogP contribution is 2.30. The van der Waals surface area contributed by atoms with Crippen molar-refractivity contribution in [2.45, 2.75) is 20.0 Å². The molecule has 1 amide bonds. The molecule has 0 saturated carbocycles. The van der Waals surface area contributed by atoms with E-state index in [4.69, 9.17) is 4.74 Å². The molecule has 4 aromatic rings. The Morgan fingerprint density at radius 3 is 2.53 bits per heavy atom. The fourth-order valence-electron chi connectivity index (χ4n) is 3.40. The van der Waals surface area contributed by atoms with Crippen LogP contribution in [0.25, 0.3) is 22.2 Å². The molecule has 0 aliphatic carbocycles. The van der Waals surface area contributed by atoms with Crippen molar-refractivity contribution in [1.82, 2.24) is 20.1 Å². The van der Waals surface area contributed by atoms with Crippen LogP contribution in [0.2, 0.25) is 0 Å². The van der Waals surface area contributed by atoms with Crippen molar-refractivity contribution in [3.05, 3.63) is 77.9 Å². The SMILES string of the molecule is COc1ccc(-c2ccnc3c2c(C)nn3CC(=O)NCc2ccc(F)cc2)cc1. The number of ether oxygens (including phenoxy) is 1. The van der Waals surface area contributed by atoms with Gasteiger partial charge in [0.05, 0.1) is 12.8 Å². The molecule has 0 atom stereocenters. The number of aryl methyl sites for hydroxylation is 1. The number of amides is 1. The average Bonchev–Trinajstić information content (AvgIpc) is 3.09. The number of methoxy groups -OCH3 is 1. The van der Waals surface area contributed by atoms with Gasteiger partial charge in [-0.3, -0.25) is 4.79 Å². The molecular formula is C23H21FN4O2. The summed E-state index contributed by atoms with van der Waals surface area (Å²) in [7, 11) is 1.63. The fraction of sp³-hybridized carbons (Fsp3) is 0.174. The van der Waals surface area contributed by atoms with Crippen LogP contribution in [-0.4, -0.2) is 27.8 Å². The van der Waals surface area contributed by atoms with Gasteiger partial charge in [-0.05, 0) is 53.9 Å². The van der Waals surface area contributed by atoms with Crippen molar-refractivity contribution in [2.24, 2.45) is 0 Å². The second-order valence-electron chi connectivity index (χ2n) is 6.93. The zero-order chi connectivity index (χ0) is 21.1. The lowest BCUT2D eigenvalue weighted by Gasteiger charge is -2.07. The average molecular weight is 404 g/mol. The van der Waals surface area contributed by atoms with E-state index in [0.717, 1.165) is 33.5 Å². The molecule has 0 spiro atoms. The van der Waals surface area contributed by atoms with Crippen molar-refractivity contribution in [2.75, 3.05) is 7.11 Å². The van der Waals surface area contributed by atoms with Crippen LogP contribution in [0.3, 0.4) is 0 Å². The Kier molecular flexibility index (Phi) is 5.43. The fourth-order valence-corrected chi connectivity index (χ4v) is 3.40. The molecule has 2 aromatic heterocycles. The van der Waals surface area contributed by atoms with E-state index in [0.29, 0.717) is 12.2 Å². The predicted octanol–water partition coefficient (Wildman–Crippen LogP) is 3.87. The second kappa shape index (κ2) is 8.32. The van der Waals surface area contributed by atoms with Gasteiger partial charge in [0.25, 0.3) is 0 Å². The molecule has 30 heavy (non-hydrogen) atoms. The summed E-state index contributed by atoms with van der Waals surface area (Å²) in [4.78, 5) is 16.9. The van der Waals surface area contributed by atoms with E-state index in [1.165, 1.54) is 12.1 Å². The Hall–Kier alpha value is -3.74. The highest BCUT2D eigenvalue weighted by molar-refractivity contribution is 5.95. The number of carbonyl (C=O) groups is 1. The number of benzene rings is 2. The molecule has 7 heteroatoms. The van der Waals surface area contributed by atoms with Gasteiger partial charge in [0.15, 0.2) is 5.65 Å². The van der Waals surface area contributed by atoms with Crippen molar-refractivity contribution in [3.8, 4) is 16.9 Å². The first-order chi connectivity index (χ1) is 14.5. The van der Waals surface area contributed by atoms with Gasteiger partial charge in [-0.1, -0.05) is 24.3 Å². The summed E-state index contributed by atoms with van der Waals surface area (Å²) in [5.74, 6) is 0.289. The number of pyridine rings is 1. The van der Waals surface area contributed by atoms with Gasteiger partial charge in [-0.15, -0.1) is 0 Å². The van der Waals surface area contributed by atoms with E-state index in [-0.39, 0.29) is 18.3 Å². The zero-order valence-corrected chi connectivity index (χ0v) is 16.7. The molecule has 0 fully saturated rings. The first-order valence-corrected chi connectivity index (χ1v) is 9.53. The van der Waals surface area contributed by atoms with Crippen molar-refractivity contribution >= 4 is 16.9 Å². The van der Waals surface area contributed by atoms with Gasteiger partial charge in [-0.2, -0.15) is 5.10 Å². The lowest BCUT2D eigenvalue weighted by Crippen LogP contribution is -2.27. The third-order valence-electron chi connectivity index (χ3n) is 4.91. The van der Waals surface area contributed by atoms with E-state index in [1.807, 2.05) is 37.3 Å². The topological polar surface area (TPSA) is 69.0 Å². The summed E-state index contributed by atoms with van der Waals surface area (Å²) in [5.41, 5.74) is 4.30. The molecule has 0 bridgehead atoms. The Morgan fingerprint density at radius 2 is 1.83 bits per heavy atom. The number of nitrogens with zero attached hydrogens (tertiary/aromatic N) is 3. The lowest BCUT2D eigenvalue weighted by molar-refractivity contribution is -0.121. The van der Waals surface area contributed by atoms with Gasteiger partial charge < -0.3 is 10.1 Å². The van der Waals surface area contributed by atoms with Crippen LogP contribution in [0.4, 0.5) is 4.39 Å². The number of rotatable bonds is 6. The molecule has 152 valence electrons. The smallest absolute Gasteiger partial charge is 0.242 e. The summed E-state index contributed by atoms with van der Waals surface area (Å²) >= 11 is 0. The van der Waals surface area contributed by atoms with Gasteiger partial charge in [-0.25, -0.2) is 14.1 Å².